The zero-order valence-corrected chi connectivity index (χ0v) is 20.8. The molecule has 37 heavy (non-hydrogen) atoms. The lowest BCUT2D eigenvalue weighted by Crippen LogP contribution is -2.20. The third kappa shape index (κ3) is 6.24. The van der Waals surface area contributed by atoms with Crippen LogP contribution >= 0.6 is 0 Å². The fourth-order valence-corrected chi connectivity index (χ4v) is 3.67. The Labute approximate surface area is 215 Å². The molecule has 3 aromatic carbocycles. The summed E-state index contributed by atoms with van der Waals surface area (Å²) in [7, 11) is 3.14. The van der Waals surface area contributed by atoms with Crippen LogP contribution < -0.4 is 14.8 Å². The molecular weight excluding hydrogens is 470 g/mol. The molecule has 0 fully saturated rings. The molecule has 1 aromatic heterocycles. The number of anilines is 1. The highest BCUT2D eigenvalue weighted by atomic mass is 16.5. The van der Waals surface area contributed by atoms with E-state index in [4.69, 9.17) is 19.3 Å². The average Bonchev–Trinajstić information content (AvgIpc) is 3.36. The van der Waals surface area contributed by atoms with Crippen molar-refractivity contribution in [1.29, 1.82) is 0 Å². The molecule has 188 valence electrons. The van der Waals surface area contributed by atoms with Gasteiger partial charge in [0.05, 0.1) is 19.9 Å². The van der Waals surface area contributed by atoms with E-state index in [0.29, 0.717) is 28.4 Å². The Morgan fingerprint density at radius 3 is 2.41 bits per heavy atom. The highest BCUT2D eigenvalue weighted by Gasteiger charge is 2.14. The van der Waals surface area contributed by atoms with Gasteiger partial charge in [0.2, 0.25) is 0 Å². The Hall–Kier alpha value is -4.85. The molecule has 1 amide bonds. The maximum Gasteiger partial charge on any atom is 0.331 e. The molecular formula is C29H27N3O5. The largest absolute Gasteiger partial charge is 0.493 e. The Morgan fingerprint density at radius 1 is 0.946 bits per heavy atom. The molecule has 4 rings (SSSR count). The standard InChI is InChI=1S/C29H27N3O5/c1-20-9-7-8-12-24(20)30-27(33)19-37-28(34)16-14-22-18-32(23-10-5-4-6-11-23)31-29(22)21-13-15-25(35-2)26(17-21)36-3/h4-18H,19H2,1-3H3,(H,30,33)/b16-14+. The van der Waals surface area contributed by atoms with Gasteiger partial charge in [-0.2, -0.15) is 5.10 Å². The number of benzene rings is 3. The number of hydrogen-bond donors (Lipinski definition) is 1. The molecule has 0 saturated heterocycles. The number of aromatic nitrogens is 2. The minimum Gasteiger partial charge on any atom is -0.493 e. The molecule has 0 saturated carbocycles. The van der Waals surface area contributed by atoms with Gasteiger partial charge in [-0.3, -0.25) is 4.79 Å². The van der Waals surface area contributed by atoms with Crippen LogP contribution in [0, 0.1) is 6.92 Å². The van der Waals surface area contributed by atoms with E-state index in [1.165, 1.54) is 6.08 Å². The van der Waals surface area contributed by atoms with Crippen molar-refractivity contribution >= 4 is 23.6 Å². The van der Waals surface area contributed by atoms with E-state index < -0.39 is 18.5 Å². The molecule has 0 radical (unpaired) electrons. The highest BCUT2D eigenvalue weighted by molar-refractivity contribution is 5.95. The van der Waals surface area contributed by atoms with Gasteiger partial charge in [-0.1, -0.05) is 36.4 Å². The summed E-state index contributed by atoms with van der Waals surface area (Å²) in [5.74, 6) is 0.0891. The van der Waals surface area contributed by atoms with Gasteiger partial charge < -0.3 is 19.5 Å². The van der Waals surface area contributed by atoms with Crippen molar-refractivity contribution in [2.45, 2.75) is 6.92 Å². The van der Waals surface area contributed by atoms with E-state index in [2.05, 4.69) is 5.32 Å². The summed E-state index contributed by atoms with van der Waals surface area (Å²) in [6, 6.07) is 22.5. The van der Waals surface area contributed by atoms with Gasteiger partial charge in [-0.25, -0.2) is 9.48 Å². The minimum atomic E-state index is -0.648. The minimum absolute atomic E-state index is 0.399. The summed E-state index contributed by atoms with van der Waals surface area (Å²) in [4.78, 5) is 24.6. The molecule has 0 aliphatic heterocycles. The number of amides is 1. The number of aryl methyl sites for hydroxylation is 1. The second-order valence-electron chi connectivity index (χ2n) is 8.09. The monoisotopic (exact) mass is 497 g/mol. The number of methoxy groups -OCH3 is 2. The first-order chi connectivity index (χ1) is 18.0. The van der Waals surface area contributed by atoms with Gasteiger partial charge >= 0.3 is 5.97 Å². The van der Waals surface area contributed by atoms with Gasteiger partial charge in [-0.05, 0) is 55.0 Å². The lowest BCUT2D eigenvalue weighted by Gasteiger charge is -2.09. The number of rotatable bonds is 9. The number of carbonyl (C=O) groups excluding carboxylic acids is 2. The fourth-order valence-electron chi connectivity index (χ4n) is 3.67. The maximum atomic E-state index is 12.4. The third-order valence-corrected chi connectivity index (χ3v) is 5.58. The van der Waals surface area contributed by atoms with E-state index >= 15 is 0 Å². The summed E-state index contributed by atoms with van der Waals surface area (Å²) >= 11 is 0. The number of hydrogen-bond acceptors (Lipinski definition) is 6. The van der Waals surface area contributed by atoms with Crippen molar-refractivity contribution in [2.75, 3.05) is 26.1 Å². The normalized spacial score (nSPS) is 10.8. The first kappa shape index (κ1) is 25.2. The SMILES string of the molecule is COc1ccc(-c2nn(-c3ccccc3)cc2/C=C/C(=O)OCC(=O)Nc2ccccc2C)cc1OC. The molecule has 0 spiro atoms. The predicted octanol–water partition coefficient (Wildman–Crippen LogP) is 5.06. The Kier molecular flexibility index (Phi) is 8.00. The molecule has 0 atom stereocenters. The highest BCUT2D eigenvalue weighted by Crippen LogP contribution is 2.33. The molecule has 1 heterocycles. The van der Waals surface area contributed by atoms with E-state index in [9.17, 15) is 9.59 Å². The molecule has 8 nitrogen and oxygen atoms in total. The maximum absolute atomic E-state index is 12.4. The zero-order valence-electron chi connectivity index (χ0n) is 20.8. The lowest BCUT2D eigenvalue weighted by atomic mass is 10.1. The van der Waals surface area contributed by atoms with Gasteiger partial charge in [0, 0.05) is 29.1 Å². The number of ether oxygens (including phenoxy) is 3. The topological polar surface area (TPSA) is 91.7 Å². The van der Waals surface area contributed by atoms with E-state index in [1.54, 1.807) is 37.1 Å². The van der Waals surface area contributed by atoms with Crippen molar-refractivity contribution in [3.05, 3.63) is 96.2 Å². The number of para-hydroxylation sites is 2. The van der Waals surface area contributed by atoms with Crippen molar-refractivity contribution in [2.24, 2.45) is 0 Å². The number of esters is 1. The lowest BCUT2D eigenvalue weighted by molar-refractivity contribution is -0.142. The smallest absolute Gasteiger partial charge is 0.331 e. The van der Waals surface area contributed by atoms with Gasteiger partial charge in [-0.15, -0.1) is 0 Å². The van der Waals surface area contributed by atoms with Crippen molar-refractivity contribution in [3.8, 4) is 28.4 Å². The molecule has 4 aromatic rings. The van der Waals surface area contributed by atoms with Crippen LogP contribution in [-0.4, -0.2) is 42.5 Å². The summed E-state index contributed by atoms with van der Waals surface area (Å²) < 4.78 is 17.7. The van der Waals surface area contributed by atoms with E-state index in [1.807, 2.05) is 73.8 Å². The van der Waals surface area contributed by atoms with Gasteiger partial charge in [0.25, 0.3) is 5.91 Å². The first-order valence-electron chi connectivity index (χ1n) is 11.6. The summed E-state index contributed by atoms with van der Waals surface area (Å²) in [6.45, 7) is 1.49. The van der Waals surface area contributed by atoms with Crippen molar-refractivity contribution in [3.63, 3.8) is 0 Å². The van der Waals surface area contributed by atoms with Crippen LogP contribution in [0.2, 0.25) is 0 Å². The molecule has 0 bridgehead atoms. The van der Waals surface area contributed by atoms with Crippen LogP contribution in [0.1, 0.15) is 11.1 Å². The van der Waals surface area contributed by atoms with Gasteiger partial charge in [0.15, 0.2) is 18.1 Å². The third-order valence-electron chi connectivity index (χ3n) is 5.58. The fraction of sp³-hybridized carbons (Fsp3) is 0.138. The van der Waals surface area contributed by atoms with Crippen LogP contribution in [0.15, 0.2) is 85.1 Å². The zero-order chi connectivity index (χ0) is 26.2. The van der Waals surface area contributed by atoms with Crippen molar-refractivity contribution < 1.29 is 23.8 Å². The molecule has 0 aliphatic rings. The Morgan fingerprint density at radius 2 is 1.68 bits per heavy atom. The number of nitrogens with one attached hydrogen (secondary N) is 1. The molecule has 0 aliphatic carbocycles. The van der Waals surface area contributed by atoms with Crippen LogP contribution in [0.5, 0.6) is 11.5 Å². The predicted molar refractivity (Wildman–Crippen MR) is 142 cm³/mol. The number of carbonyl (C=O) groups is 2. The Balaban J connectivity index is 1.53. The average molecular weight is 498 g/mol. The van der Waals surface area contributed by atoms with E-state index in [0.717, 1.165) is 16.8 Å². The second-order valence-corrected chi connectivity index (χ2v) is 8.09. The van der Waals surface area contributed by atoms with Crippen LogP contribution in [0.25, 0.3) is 23.0 Å². The van der Waals surface area contributed by atoms with Crippen LogP contribution in [-0.2, 0) is 14.3 Å². The van der Waals surface area contributed by atoms with Crippen LogP contribution in [0.4, 0.5) is 5.69 Å². The summed E-state index contributed by atoms with van der Waals surface area (Å²) in [5.41, 5.74) is 4.54. The second kappa shape index (κ2) is 11.7. The molecule has 0 unspecified atom stereocenters. The molecule has 1 N–H and O–H groups in total. The quantitative estimate of drug-likeness (QED) is 0.257. The summed E-state index contributed by atoms with van der Waals surface area (Å²) in [6.07, 6.45) is 4.70. The van der Waals surface area contributed by atoms with Gasteiger partial charge in [0.1, 0.15) is 5.69 Å². The number of nitrogens with zero attached hydrogens (tertiary/aromatic N) is 2. The van der Waals surface area contributed by atoms with E-state index in [-0.39, 0.29) is 0 Å². The van der Waals surface area contributed by atoms with Crippen LogP contribution in [0.3, 0.4) is 0 Å². The first-order valence-corrected chi connectivity index (χ1v) is 11.6. The Bertz CT molecular complexity index is 1430. The summed E-state index contributed by atoms with van der Waals surface area (Å²) in [5, 5.41) is 7.48. The van der Waals surface area contributed by atoms with Crippen molar-refractivity contribution in [1.82, 2.24) is 9.78 Å². The molecule has 8 heteroatoms.